The summed E-state index contributed by atoms with van der Waals surface area (Å²) in [6, 6.07) is 0. The zero-order valence-corrected chi connectivity index (χ0v) is 22.4. The van der Waals surface area contributed by atoms with Gasteiger partial charge in [0.15, 0.2) is 0 Å². The van der Waals surface area contributed by atoms with Crippen LogP contribution in [0.15, 0.2) is 0 Å². The topological polar surface area (TPSA) is 113 Å². The highest BCUT2D eigenvalue weighted by atomic mass is 16.6. The van der Waals surface area contributed by atoms with Gasteiger partial charge < -0.3 is 24.8 Å². The summed E-state index contributed by atoms with van der Waals surface area (Å²) in [5.74, 6) is -0.656. The molecule has 0 spiro atoms. The van der Waals surface area contributed by atoms with Gasteiger partial charge in [0.1, 0.15) is 17.8 Å². The van der Waals surface area contributed by atoms with Crippen molar-refractivity contribution in [2.75, 3.05) is 0 Å². The molecule has 4 fully saturated rings. The van der Waals surface area contributed by atoms with Crippen LogP contribution >= 0.6 is 0 Å². The van der Waals surface area contributed by atoms with E-state index in [-0.39, 0.29) is 41.7 Å². The van der Waals surface area contributed by atoms with Crippen LogP contribution in [-0.4, -0.2) is 56.8 Å². The number of carbonyl (C=O) groups is 2. The van der Waals surface area contributed by atoms with Crippen molar-refractivity contribution in [1.82, 2.24) is 0 Å². The second kappa shape index (κ2) is 8.98. The van der Waals surface area contributed by atoms with Crippen molar-refractivity contribution in [3.05, 3.63) is 0 Å². The third-order valence-electron chi connectivity index (χ3n) is 11.4. The maximum Gasteiger partial charge on any atom is 0.308 e. The molecule has 4 aliphatic carbocycles. The van der Waals surface area contributed by atoms with E-state index in [1.807, 2.05) is 20.8 Å². The second-order valence-electron chi connectivity index (χ2n) is 12.7. The summed E-state index contributed by atoms with van der Waals surface area (Å²) in [5.41, 5.74) is -4.04. The van der Waals surface area contributed by atoms with Gasteiger partial charge in [-0.25, -0.2) is 0 Å². The molecule has 200 valence electrons. The monoisotopic (exact) mass is 494 g/mol. The van der Waals surface area contributed by atoms with Crippen molar-refractivity contribution in [3.63, 3.8) is 0 Å². The normalized spacial score (nSPS) is 48.7. The molecule has 11 atom stereocenters. The van der Waals surface area contributed by atoms with E-state index in [0.717, 1.165) is 32.1 Å². The lowest BCUT2D eigenvalue weighted by atomic mass is 9.42. The standard InChI is InChI=1S/C28H46O7/c1-7-16(2)24(31)35-23-15-22-21(9-8-19-14-20(30)10-11-25(19,22)5)28(33)13-12-27(32,26(23,28)6)17(3)34-18(4)29/h16-17,19-23,30,32-33H,7-15H2,1-6H3. The highest BCUT2D eigenvalue weighted by molar-refractivity contribution is 5.72. The number of hydrogen-bond acceptors (Lipinski definition) is 7. The van der Waals surface area contributed by atoms with Gasteiger partial charge in [-0.15, -0.1) is 0 Å². The van der Waals surface area contributed by atoms with Gasteiger partial charge in [0.2, 0.25) is 0 Å². The number of hydrogen-bond donors (Lipinski definition) is 3. The summed E-state index contributed by atoms with van der Waals surface area (Å²) in [4.78, 5) is 24.9. The summed E-state index contributed by atoms with van der Waals surface area (Å²) >= 11 is 0. The molecule has 0 heterocycles. The Morgan fingerprint density at radius 1 is 1.00 bits per heavy atom. The first-order valence-corrected chi connectivity index (χ1v) is 13.7. The van der Waals surface area contributed by atoms with Gasteiger partial charge >= 0.3 is 11.9 Å². The fourth-order valence-electron chi connectivity index (χ4n) is 8.81. The molecular formula is C28H46O7. The number of rotatable bonds is 5. The molecule has 0 amide bonds. The zero-order valence-electron chi connectivity index (χ0n) is 22.4. The van der Waals surface area contributed by atoms with E-state index < -0.39 is 34.8 Å². The summed E-state index contributed by atoms with van der Waals surface area (Å²) in [6.07, 6.45) is 4.16. The molecule has 35 heavy (non-hydrogen) atoms. The summed E-state index contributed by atoms with van der Waals surface area (Å²) in [7, 11) is 0. The van der Waals surface area contributed by atoms with Crippen LogP contribution in [0.3, 0.4) is 0 Å². The van der Waals surface area contributed by atoms with Gasteiger partial charge in [0.05, 0.1) is 23.0 Å². The van der Waals surface area contributed by atoms with Crippen molar-refractivity contribution < 1.29 is 34.4 Å². The maximum atomic E-state index is 13.1. The average Bonchev–Trinajstić information content (AvgIpc) is 3.02. The van der Waals surface area contributed by atoms with Gasteiger partial charge in [0.25, 0.3) is 0 Å². The van der Waals surface area contributed by atoms with Crippen molar-refractivity contribution in [2.45, 2.75) is 129 Å². The molecule has 0 saturated heterocycles. The van der Waals surface area contributed by atoms with Crippen LogP contribution in [-0.2, 0) is 19.1 Å². The summed E-state index contributed by atoms with van der Waals surface area (Å²) < 4.78 is 11.7. The Kier molecular flexibility index (Phi) is 6.90. The molecule has 4 saturated carbocycles. The number of fused-ring (bicyclic) bond motifs is 5. The first kappa shape index (κ1) is 26.9. The molecule has 11 unspecified atom stereocenters. The largest absolute Gasteiger partial charge is 0.461 e. The van der Waals surface area contributed by atoms with Crippen LogP contribution in [0.25, 0.3) is 0 Å². The van der Waals surface area contributed by atoms with Crippen LogP contribution in [0.2, 0.25) is 0 Å². The summed E-state index contributed by atoms with van der Waals surface area (Å²) in [5, 5.41) is 35.1. The van der Waals surface area contributed by atoms with Crippen molar-refractivity contribution >= 4 is 11.9 Å². The first-order chi connectivity index (χ1) is 16.2. The lowest BCUT2D eigenvalue weighted by Gasteiger charge is -2.66. The third-order valence-corrected chi connectivity index (χ3v) is 11.4. The Hall–Kier alpha value is -1.18. The van der Waals surface area contributed by atoms with E-state index >= 15 is 0 Å². The minimum atomic E-state index is -1.53. The number of carbonyl (C=O) groups excluding carboxylic acids is 2. The molecule has 0 radical (unpaired) electrons. The summed E-state index contributed by atoms with van der Waals surface area (Å²) in [6.45, 7) is 10.9. The Morgan fingerprint density at radius 2 is 1.69 bits per heavy atom. The molecule has 0 aliphatic heterocycles. The molecular weight excluding hydrogens is 448 g/mol. The Bertz CT molecular complexity index is 845. The van der Waals surface area contributed by atoms with E-state index in [9.17, 15) is 24.9 Å². The molecule has 4 aliphatic rings. The van der Waals surface area contributed by atoms with Crippen LogP contribution in [0.4, 0.5) is 0 Å². The predicted octanol–water partition coefficient (Wildman–Crippen LogP) is 3.76. The maximum absolute atomic E-state index is 13.1. The lowest BCUT2D eigenvalue weighted by molar-refractivity contribution is -0.291. The molecule has 7 heteroatoms. The van der Waals surface area contributed by atoms with Gasteiger partial charge in [-0.2, -0.15) is 0 Å². The Balaban J connectivity index is 1.79. The fraction of sp³-hybridized carbons (Fsp3) is 0.929. The van der Waals surface area contributed by atoms with E-state index in [4.69, 9.17) is 9.47 Å². The predicted molar refractivity (Wildman–Crippen MR) is 130 cm³/mol. The van der Waals surface area contributed by atoms with Crippen molar-refractivity contribution in [3.8, 4) is 0 Å². The molecule has 7 nitrogen and oxygen atoms in total. The third kappa shape index (κ3) is 3.78. The number of aliphatic hydroxyl groups is 3. The highest BCUT2D eigenvalue weighted by Crippen LogP contribution is 2.71. The van der Waals surface area contributed by atoms with Gasteiger partial charge in [-0.05, 0) is 87.9 Å². The molecule has 4 rings (SSSR count). The van der Waals surface area contributed by atoms with Crippen LogP contribution < -0.4 is 0 Å². The smallest absolute Gasteiger partial charge is 0.308 e. The molecule has 0 aromatic carbocycles. The lowest BCUT2D eigenvalue weighted by Crippen LogP contribution is -2.72. The van der Waals surface area contributed by atoms with E-state index in [1.165, 1.54) is 6.92 Å². The molecule has 0 aromatic rings. The minimum absolute atomic E-state index is 0.0545. The van der Waals surface area contributed by atoms with Crippen molar-refractivity contribution in [1.29, 1.82) is 0 Å². The number of esters is 2. The zero-order chi connectivity index (χ0) is 26.0. The number of ether oxygens (including phenoxy) is 2. The fourth-order valence-corrected chi connectivity index (χ4v) is 8.81. The van der Waals surface area contributed by atoms with Gasteiger partial charge in [-0.1, -0.05) is 27.7 Å². The van der Waals surface area contributed by atoms with E-state index in [1.54, 1.807) is 6.92 Å². The van der Waals surface area contributed by atoms with Crippen LogP contribution in [0.1, 0.15) is 99.3 Å². The minimum Gasteiger partial charge on any atom is -0.461 e. The van der Waals surface area contributed by atoms with Gasteiger partial charge in [0, 0.05) is 6.92 Å². The Morgan fingerprint density at radius 3 is 2.31 bits per heavy atom. The van der Waals surface area contributed by atoms with E-state index in [2.05, 4.69) is 6.92 Å². The number of aliphatic hydroxyl groups excluding tert-OH is 1. The molecule has 3 N–H and O–H groups in total. The molecule has 0 aromatic heterocycles. The second-order valence-corrected chi connectivity index (χ2v) is 12.7. The van der Waals surface area contributed by atoms with Crippen LogP contribution in [0.5, 0.6) is 0 Å². The average molecular weight is 495 g/mol. The quantitative estimate of drug-likeness (QED) is 0.499. The van der Waals surface area contributed by atoms with Crippen LogP contribution in [0, 0.1) is 34.5 Å². The Labute approximate surface area is 210 Å². The molecule has 0 bridgehead atoms. The highest BCUT2D eigenvalue weighted by Gasteiger charge is 2.77. The van der Waals surface area contributed by atoms with Gasteiger partial charge in [-0.3, -0.25) is 9.59 Å². The van der Waals surface area contributed by atoms with E-state index in [0.29, 0.717) is 25.2 Å². The van der Waals surface area contributed by atoms with Crippen molar-refractivity contribution in [2.24, 2.45) is 34.5 Å². The SMILES string of the molecule is CCC(C)C(=O)OC1CC2C(CCC3CC(O)CCC32C)C2(O)CCC(O)(C(C)OC(C)=O)C12C. The first-order valence-electron chi connectivity index (χ1n) is 13.7.